The molecule has 0 spiro atoms. The number of amides is 2. The molecule has 0 aliphatic heterocycles. The number of para-hydroxylation sites is 2. The Morgan fingerprint density at radius 2 is 1.66 bits per heavy atom. The van der Waals surface area contributed by atoms with Crippen molar-refractivity contribution in [2.45, 2.75) is 45.7 Å². The zero-order valence-corrected chi connectivity index (χ0v) is 22.9. The number of carbonyl (C=O) groups is 3. The molecule has 2 aromatic heterocycles. The molecule has 2 heterocycles. The number of aryl methyl sites for hydroxylation is 1. The number of fused-ring (bicyclic) bond motifs is 2. The molecular formula is C30H36N4O4. The molecule has 0 fully saturated rings. The molecule has 0 saturated heterocycles. The third-order valence-electron chi connectivity index (χ3n) is 7.06. The van der Waals surface area contributed by atoms with E-state index in [2.05, 4.69) is 10.3 Å². The molecule has 8 nitrogen and oxygen atoms in total. The number of benzene rings is 2. The lowest BCUT2D eigenvalue weighted by molar-refractivity contribution is -0.152. The van der Waals surface area contributed by atoms with Crippen LogP contribution in [0.5, 0.6) is 0 Å². The summed E-state index contributed by atoms with van der Waals surface area (Å²) in [5.41, 5.74) is 3.14. The number of esters is 1. The van der Waals surface area contributed by atoms with Crippen molar-refractivity contribution in [1.29, 1.82) is 0 Å². The first-order valence-corrected chi connectivity index (χ1v) is 12.7. The van der Waals surface area contributed by atoms with Gasteiger partial charge in [-0.05, 0) is 23.3 Å². The van der Waals surface area contributed by atoms with Crippen molar-refractivity contribution < 1.29 is 19.1 Å². The summed E-state index contributed by atoms with van der Waals surface area (Å²) in [4.78, 5) is 44.6. The van der Waals surface area contributed by atoms with Gasteiger partial charge in [0.2, 0.25) is 11.8 Å². The van der Waals surface area contributed by atoms with Crippen molar-refractivity contribution in [2.75, 3.05) is 14.2 Å². The van der Waals surface area contributed by atoms with Crippen LogP contribution < -0.4 is 5.32 Å². The van der Waals surface area contributed by atoms with Crippen LogP contribution in [0.1, 0.15) is 31.9 Å². The first-order chi connectivity index (χ1) is 18.0. The van der Waals surface area contributed by atoms with Gasteiger partial charge in [0.25, 0.3) is 0 Å². The van der Waals surface area contributed by atoms with Crippen molar-refractivity contribution >= 4 is 39.6 Å². The van der Waals surface area contributed by atoms with Crippen molar-refractivity contribution in [3.05, 3.63) is 72.1 Å². The molecule has 2 atom stereocenters. The number of nitrogens with zero attached hydrogens (tertiary/aromatic N) is 2. The summed E-state index contributed by atoms with van der Waals surface area (Å²) in [5, 5.41) is 4.95. The Labute approximate surface area is 222 Å². The molecule has 0 aliphatic rings. The molecule has 0 saturated carbocycles. The number of hydrogen-bond acceptors (Lipinski definition) is 4. The quantitative estimate of drug-likeness (QED) is 0.346. The maximum absolute atomic E-state index is 14.0. The Balaban J connectivity index is 1.66. The van der Waals surface area contributed by atoms with Crippen LogP contribution in [0.4, 0.5) is 0 Å². The molecule has 4 rings (SSSR count). The molecular weight excluding hydrogens is 480 g/mol. The van der Waals surface area contributed by atoms with Crippen molar-refractivity contribution in [3.63, 3.8) is 0 Å². The first-order valence-electron chi connectivity index (χ1n) is 12.7. The highest BCUT2D eigenvalue weighted by molar-refractivity contribution is 5.93. The molecule has 0 aliphatic carbocycles. The fourth-order valence-corrected chi connectivity index (χ4v) is 4.81. The third-order valence-corrected chi connectivity index (χ3v) is 7.06. The molecule has 1 unspecified atom stereocenters. The second-order valence-electron chi connectivity index (χ2n) is 10.8. The summed E-state index contributed by atoms with van der Waals surface area (Å²) in [6, 6.07) is 14.0. The SMILES string of the molecule is COC(=O)[C@@H](Cc1cn(C)c2ccccc12)N(C)C(=O)C(Cc1c[nH]c2ccccc12)NC(=O)C(C)(C)C. The van der Waals surface area contributed by atoms with E-state index in [0.29, 0.717) is 0 Å². The van der Waals surface area contributed by atoms with Crippen LogP contribution in [-0.2, 0) is 39.0 Å². The summed E-state index contributed by atoms with van der Waals surface area (Å²) >= 11 is 0. The predicted molar refractivity (Wildman–Crippen MR) is 149 cm³/mol. The number of methoxy groups -OCH3 is 1. The lowest BCUT2D eigenvalue weighted by atomic mass is 9.94. The van der Waals surface area contributed by atoms with Crippen LogP contribution in [-0.4, -0.2) is 58.5 Å². The van der Waals surface area contributed by atoms with Gasteiger partial charge in [-0.3, -0.25) is 9.59 Å². The number of nitrogens with one attached hydrogen (secondary N) is 2. The van der Waals surface area contributed by atoms with Gasteiger partial charge in [-0.1, -0.05) is 57.2 Å². The molecule has 0 radical (unpaired) electrons. The van der Waals surface area contributed by atoms with E-state index in [9.17, 15) is 14.4 Å². The van der Waals surface area contributed by atoms with Gasteiger partial charge < -0.3 is 24.5 Å². The predicted octanol–water partition coefficient (Wildman–Crippen LogP) is 3.98. The van der Waals surface area contributed by atoms with Gasteiger partial charge in [0.05, 0.1) is 7.11 Å². The van der Waals surface area contributed by atoms with Crippen molar-refractivity contribution in [2.24, 2.45) is 12.5 Å². The van der Waals surface area contributed by atoms with Crippen LogP contribution in [0.15, 0.2) is 60.9 Å². The fourth-order valence-electron chi connectivity index (χ4n) is 4.81. The minimum absolute atomic E-state index is 0.243. The average Bonchev–Trinajstić information content (AvgIpc) is 3.45. The zero-order valence-electron chi connectivity index (χ0n) is 22.9. The number of aromatic amines is 1. The van der Waals surface area contributed by atoms with E-state index < -0.39 is 23.5 Å². The molecule has 2 aromatic carbocycles. The smallest absolute Gasteiger partial charge is 0.328 e. The van der Waals surface area contributed by atoms with Crippen molar-refractivity contribution in [1.82, 2.24) is 19.8 Å². The second-order valence-corrected chi connectivity index (χ2v) is 10.8. The van der Waals surface area contributed by atoms with Gasteiger partial charge in [-0.25, -0.2) is 4.79 Å². The van der Waals surface area contributed by atoms with Crippen molar-refractivity contribution in [3.8, 4) is 0 Å². The van der Waals surface area contributed by atoms with Gasteiger partial charge in [0.1, 0.15) is 12.1 Å². The Kier molecular flexibility index (Phi) is 7.62. The maximum atomic E-state index is 14.0. The highest BCUT2D eigenvalue weighted by atomic mass is 16.5. The van der Waals surface area contributed by atoms with Crippen LogP contribution in [0.3, 0.4) is 0 Å². The normalized spacial score (nSPS) is 13.3. The number of aromatic nitrogens is 2. The zero-order chi connectivity index (χ0) is 27.6. The fraction of sp³-hybridized carbons (Fsp3) is 0.367. The average molecular weight is 517 g/mol. The molecule has 38 heavy (non-hydrogen) atoms. The lowest BCUT2D eigenvalue weighted by Gasteiger charge is -2.31. The molecule has 2 N–H and O–H groups in total. The van der Waals surface area contributed by atoms with Crippen LogP contribution in [0, 0.1) is 5.41 Å². The molecule has 0 bridgehead atoms. The number of rotatable bonds is 8. The van der Waals surface area contributed by atoms with Gasteiger partial charge in [-0.2, -0.15) is 0 Å². The molecule has 2 amide bonds. The minimum Gasteiger partial charge on any atom is -0.467 e. The van der Waals surface area contributed by atoms with Crippen LogP contribution >= 0.6 is 0 Å². The van der Waals surface area contributed by atoms with Crippen LogP contribution in [0.25, 0.3) is 21.8 Å². The van der Waals surface area contributed by atoms with E-state index in [-0.39, 0.29) is 24.7 Å². The van der Waals surface area contributed by atoms with Crippen LogP contribution in [0.2, 0.25) is 0 Å². The maximum Gasteiger partial charge on any atom is 0.328 e. The van der Waals surface area contributed by atoms with E-state index in [1.54, 1.807) is 27.8 Å². The molecule has 8 heteroatoms. The molecule has 200 valence electrons. The van der Waals surface area contributed by atoms with Gasteiger partial charge in [0, 0.05) is 66.6 Å². The standard InChI is InChI=1S/C30H36N4O4/c1-30(2,3)29(37)32-24(15-19-17-31-23-13-9-7-11-21(19)23)27(35)34(5)26(28(36)38-6)16-20-18-33(4)25-14-10-8-12-22(20)25/h7-14,17-18,24,26,31H,15-16H2,1-6H3,(H,32,37)/t24?,26-/m1/s1. The second kappa shape index (κ2) is 10.7. The minimum atomic E-state index is -0.870. The van der Waals surface area contributed by atoms with Gasteiger partial charge in [0.15, 0.2) is 0 Å². The summed E-state index contributed by atoms with van der Waals surface area (Å²) in [7, 11) is 4.87. The summed E-state index contributed by atoms with van der Waals surface area (Å²) < 4.78 is 7.13. The topological polar surface area (TPSA) is 96.4 Å². The van der Waals surface area contributed by atoms with E-state index in [1.807, 2.05) is 72.5 Å². The first kappa shape index (κ1) is 27.0. The Bertz CT molecular complexity index is 1480. The number of hydrogen-bond donors (Lipinski definition) is 2. The summed E-state index contributed by atoms with van der Waals surface area (Å²) in [6.45, 7) is 5.41. The van der Waals surface area contributed by atoms with E-state index in [4.69, 9.17) is 4.74 Å². The highest BCUT2D eigenvalue weighted by Crippen LogP contribution is 2.25. The van der Waals surface area contributed by atoms with E-state index in [0.717, 1.165) is 32.9 Å². The Hall–Kier alpha value is -4.07. The number of carbonyl (C=O) groups excluding carboxylic acids is 3. The molecule has 4 aromatic rings. The monoisotopic (exact) mass is 516 g/mol. The number of likely N-dealkylation sites (N-methyl/N-ethyl adjacent to an activating group) is 1. The highest BCUT2D eigenvalue weighted by Gasteiger charge is 2.35. The van der Waals surface area contributed by atoms with Gasteiger partial charge in [-0.15, -0.1) is 0 Å². The summed E-state index contributed by atoms with van der Waals surface area (Å²) in [6.07, 6.45) is 4.40. The van der Waals surface area contributed by atoms with Gasteiger partial charge >= 0.3 is 5.97 Å². The summed E-state index contributed by atoms with van der Waals surface area (Å²) in [5.74, 6) is -1.11. The van der Waals surface area contributed by atoms with E-state index in [1.165, 1.54) is 12.0 Å². The Morgan fingerprint density at radius 1 is 1.00 bits per heavy atom. The Morgan fingerprint density at radius 3 is 2.34 bits per heavy atom. The number of H-pyrrole nitrogens is 1. The largest absolute Gasteiger partial charge is 0.467 e. The lowest BCUT2D eigenvalue weighted by Crippen LogP contribution is -2.55. The third kappa shape index (κ3) is 5.44. The van der Waals surface area contributed by atoms with E-state index >= 15 is 0 Å². The number of ether oxygens (including phenoxy) is 1.